The molecule has 1 atom stereocenters. The Bertz CT molecular complexity index is 1150. The van der Waals surface area contributed by atoms with Gasteiger partial charge in [0.25, 0.3) is 0 Å². The lowest BCUT2D eigenvalue weighted by Gasteiger charge is -2.34. The Labute approximate surface area is 214 Å². The maximum atomic E-state index is 12.7. The average molecular weight is 485 g/mol. The third-order valence-electron chi connectivity index (χ3n) is 6.84. The van der Waals surface area contributed by atoms with E-state index in [1.54, 1.807) is 0 Å². The van der Waals surface area contributed by atoms with Crippen molar-refractivity contribution in [2.75, 3.05) is 44.6 Å². The Kier molecular flexibility index (Phi) is 8.52. The number of hydrogen-bond donors (Lipinski definition) is 2. The molecule has 1 fully saturated rings. The average Bonchev–Trinajstić information content (AvgIpc) is 2.88. The molecule has 1 saturated heterocycles. The first-order valence-corrected chi connectivity index (χ1v) is 12.6. The number of rotatable bonds is 8. The van der Waals surface area contributed by atoms with Crippen LogP contribution < -0.4 is 10.6 Å². The number of aryl methyl sites for hydroxylation is 2. The first-order valence-electron chi connectivity index (χ1n) is 12.6. The van der Waals surface area contributed by atoms with Crippen LogP contribution in [0.1, 0.15) is 29.7 Å². The minimum atomic E-state index is -0.0581. The van der Waals surface area contributed by atoms with Gasteiger partial charge in [0.2, 0.25) is 11.8 Å². The molecule has 1 unspecified atom stereocenters. The van der Waals surface area contributed by atoms with Crippen LogP contribution in [-0.4, -0.2) is 60.9 Å². The van der Waals surface area contributed by atoms with Gasteiger partial charge < -0.3 is 10.6 Å². The Hall–Kier alpha value is -3.48. The molecule has 0 aliphatic carbocycles. The maximum absolute atomic E-state index is 12.7. The molecule has 0 aromatic heterocycles. The summed E-state index contributed by atoms with van der Waals surface area (Å²) in [7, 11) is 0. The number of nitrogens with one attached hydrogen (secondary N) is 2. The molecule has 0 spiro atoms. The van der Waals surface area contributed by atoms with Crippen molar-refractivity contribution in [2.45, 2.75) is 26.8 Å². The summed E-state index contributed by atoms with van der Waals surface area (Å²) in [5.74, 6) is 0.0292. The summed E-state index contributed by atoms with van der Waals surface area (Å²) in [5.41, 5.74) is 6.48. The summed E-state index contributed by atoms with van der Waals surface area (Å²) < 4.78 is 0. The van der Waals surface area contributed by atoms with E-state index in [0.29, 0.717) is 13.1 Å². The highest BCUT2D eigenvalue weighted by Gasteiger charge is 2.21. The van der Waals surface area contributed by atoms with Crippen LogP contribution in [0.5, 0.6) is 0 Å². The SMILES string of the molecule is Cc1cccc(C)c1NC(=O)CN1CCN(CC(=O)NC(C)c2ccc(-c3ccccc3)cc2)CC1. The third-order valence-corrected chi connectivity index (χ3v) is 6.84. The number of para-hydroxylation sites is 1. The van der Waals surface area contributed by atoms with Gasteiger partial charge in [-0.1, -0.05) is 72.8 Å². The molecule has 2 N–H and O–H groups in total. The van der Waals surface area contributed by atoms with Gasteiger partial charge in [0.1, 0.15) is 0 Å². The number of carbonyl (C=O) groups excluding carboxylic acids is 2. The van der Waals surface area contributed by atoms with Crippen LogP contribution in [0.2, 0.25) is 0 Å². The zero-order valence-corrected chi connectivity index (χ0v) is 21.5. The lowest BCUT2D eigenvalue weighted by atomic mass is 10.0. The molecular weight excluding hydrogens is 448 g/mol. The second kappa shape index (κ2) is 12.0. The van der Waals surface area contributed by atoms with E-state index in [0.717, 1.165) is 48.6 Å². The smallest absolute Gasteiger partial charge is 0.238 e. The number of benzene rings is 3. The molecule has 4 rings (SSSR count). The van der Waals surface area contributed by atoms with E-state index in [9.17, 15) is 9.59 Å². The van der Waals surface area contributed by atoms with E-state index < -0.39 is 0 Å². The van der Waals surface area contributed by atoms with Crippen LogP contribution in [0.15, 0.2) is 72.8 Å². The van der Waals surface area contributed by atoms with Gasteiger partial charge in [0.15, 0.2) is 0 Å². The van der Waals surface area contributed by atoms with E-state index in [4.69, 9.17) is 0 Å². The fourth-order valence-electron chi connectivity index (χ4n) is 4.67. The van der Waals surface area contributed by atoms with Gasteiger partial charge in [-0.15, -0.1) is 0 Å². The van der Waals surface area contributed by atoms with Crippen LogP contribution >= 0.6 is 0 Å². The standard InChI is InChI=1S/C30H36N4O2/c1-22-8-7-9-23(2)30(22)32-29(36)21-34-18-16-33(17-19-34)20-28(35)31-24(3)25-12-14-27(15-13-25)26-10-5-4-6-11-26/h4-15,24H,16-21H2,1-3H3,(H,31,35)(H,32,36). The molecule has 1 aliphatic heterocycles. The summed E-state index contributed by atoms with van der Waals surface area (Å²) in [4.78, 5) is 29.6. The van der Waals surface area contributed by atoms with Crippen molar-refractivity contribution in [3.05, 3.63) is 89.5 Å². The monoisotopic (exact) mass is 484 g/mol. The van der Waals surface area contributed by atoms with Gasteiger partial charge in [-0.05, 0) is 48.6 Å². The van der Waals surface area contributed by atoms with Crippen molar-refractivity contribution in [3.8, 4) is 11.1 Å². The fourth-order valence-corrected chi connectivity index (χ4v) is 4.67. The van der Waals surface area contributed by atoms with Crippen molar-refractivity contribution < 1.29 is 9.59 Å². The molecule has 3 aromatic rings. The van der Waals surface area contributed by atoms with Gasteiger partial charge in [-0.3, -0.25) is 19.4 Å². The molecular formula is C30H36N4O2. The zero-order chi connectivity index (χ0) is 25.5. The van der Waals surface area contributed by atoms with Gasteiger partial charge >= 0.3 is 0 Å². The number of piperazine rings is 1. The van der Waals surface area contributed by atoms with Gasteiger partial charge in [0.05, 0.1) is 19.1 Å². The van der Waals surface area contributed by atoms with E-state index in [-0.39, 0.29) is 17.9 Å². The predicted molar refractivity (Wildman–Crippen MR) is 146 cm³/mol. The summed E-state index contributed by atoms with van der Waals surface area (Å²) in [6.07, 6.45) is 0. The van der Waals surface area contributed by atoms with Crippen molar-refractivity contribution in [3.63, 3.8) is 0 Å². The Balaban J connectivity index is 1.20. The predicted octanol–water partition coefficient (Wildman–Crippen LogP) is 4.40. The quantitative estimate of drug-likeness (QED) is 0.497. The van der Waals surface area contributed by atoms with Gasteiger partial charge in [-0.25, -0.2) is 0 Å². The van der Waals surface area contributed by atoms with Crippen molar-refractivity contribution >= 4 is 17.5 Å². The first kappa shape index (κ1) is 25.6. The molecule has 0 bridgehead atoms. The van der Waals surface area contributed by atoms with Crippen LogP contribution in [-0.2, 0) is 9.59 Å². The second-order valence-electron chi connectivity index (χ2n) is 9.64. The Morgan fingerprint density at radius 3 is 1.83 bits per heavy atom. The lowest BCUT2D eigenvalue weighted by molar-refractivity contribution is -0.124. The van der Waals surface area contributed by atoms with Gasteiger partial charge in [0, 0.05) is 31.9 Å². The van der Waals surface area contributed by atoms with Crippen LogP contribution in [0.3, 0.4) is 0 Å². The number of hydrogen-bond acceptors (Lipinski definition) is 4. The molecule has 2 amide bonds. The molecule has 1 heterocycles. The Morgan fingerprint density at radius 1 is 0.722 bits per heavy atom. The second-order valence-corrected chi connectivity index (χ2v) is 9.64. The topological polar surface area (TPSA) is 64.7 Å². The number of amides is 2. The highest BCUT2D eigenvalue weighted by molar-refractivity contribution is 5.93. The molecule has 0 radical (unpaired) electrons. The van der Waals surface area contributed by atoms with Crippen LogP contribution in [0, 0.1) is 13.8 Å². The van der Waals surface area contributed by atoms with Crippen LogP contribution in [0.4, 0.5) is 5.69 Å². The normalized spacial score (nSPS) is 15.3. The molecule has 36 heavy (non-hydrogen) atoms. The maximum Gasteiger partial charge on any atom is 0.238 e. The molecule has 3 aromatic carbocycles. The van der Waals surface area contributed by atoms with Crippen molar-refractivity contribution in [1.82, 2.24) is 15.1 Å². The van der Waals surface area contributed by atoms with Crippen molar-refractivity contribution in [2.24, 2.45) is 0 Å². The minimum absolute atomic E-state index is 0.00528. The molecule has 6 heteroatoms. The molecule has 0 saturated carbocycles. The zero-order valence-electron chi connectivity index (χ0n) is 21.5. The Morgan fingerprint density at radius 2 is 1.25 bits per heavy atom. The number of carbonyl (C=O) groups is 2. The molecule has 188 valence electrons. The number of nitrogens with zero attached hydrogens (tertiary/aromatic N) is 2. The third kappa shape index (κ3) is 6.80. The first-order chi connectivity index (χ1) is 17.4. The van der Waals surface area contributed by atoms with Crippen molar-refractivity contribution in [1.29, 1.82) is 0 Å². The molecule has 1 aliphatic rings. The lowest BCUT2D eigenvalue weighted by Crippen LogP contribution is -2.51. The summed E-state index contributed by atoms with van der Waals surface area (Å²) >= 11 is 0. The largest absolute Gasteiger partial charge is 0.348 e. The summed E-state index contributed by atoms with van der Waals surface area (Å²) in [6, 6.07) is 24.6. The van der Waals surface area contributed by atoms with E-state index >= 15 is 0 Å². The number of anilines is 1. The highest BCUT2D eigenvalue weighted by Crippen LogP contribution is 2.22. The van der Waals surface area contributed by atoms with Crippen LogP contribution in [0.25, 0.3) is 11.1 Å². The van der Waals surface area contributed by atoms with E-state index in [1.165, 1.54) is 11.1 Å². The summed E-state index contributed by atoms with van der Waals surface area (Å²) in [6.45, 7) is 9.84. The molecule has 6 nitrogen and oxygen atoms in total. The van der Waals surface area contributed by atoms with E-state index in [2.05, 4.69) is 56.8 Å². The highest BCUT2D eigenvalue weighted by atomic mass is 16.2. The van der Waals surface area contributed by atoms with E-state index in [1.807, 2.05) is 57.2 Å². The van der Waals surface area contributed by atoms with Gasteiger partial charge in [-0.2, -0.15) is 0 Å². The minimum Gasteiger partial charge on any atom is -0.348 e. The fraction of sp³-hybridized carbons (Fsp3) is 0.333. The summed E-state index contributed by atoms with van der Waals surface area (Å²) in [5, 5.41) is 6.19.